The fraction of sp³-hybridized carbons (Fsp3) is 0.118. The monoisotopic (exact) mass is 268 g/mol. The summed E-state index contributed by atoms with van der Waals surface area (Å²) in [6.45, 7) is 3.91. The summed E-state index contributed by atoms with van der Waals surface area (Å²) in [5.74, 6) is 1.73. The second-order valence-electron chi connectivity index (χ2n) is 4.60. The maximum Gasteiger partial charge on any atom is 0.171 e. The second kappa shape index (κ2) is 5.89. The lowest BCUT2D eigenvalue weighted by atomic mass is 10.4. The highest BCUT2D eigenvalue weighted by Gasteiger charge is 2.23. The molecular formula is C17H17OP. The number of allylic oxidation sites excluding steroid dienone is 1. The Bertz CT molecular complexity index is 603. The lowest BCUT2D eigenvalue weighted by molar-refractivity contribution is 0.592. The Morgan fingerprint density at radius 2 is 1.32 bits per heavy atom. The van der Waals surface area contributed by atoms with Crippen molar-refractivity contribution in [3.63, 3.8) is 0 Å². The second-order valence-corrected chi connectivity index (χ2v) is 7.21. The van der Waals surface area contributed by atoms with Gasteiger partial charge in [0, 0.05) is 16.4 Å². The highest BCUT2D eigenvalue weighted by atomic mass is 31.2. The molecule has 0 saturated heterocycles. The van der Waals surface area contributed by atoms with Crippen molar-refractivity contribution in [2.24, 2.45) is 0 Å². The summed E-state index contributed by atoms with van der Waals surface area (Å²) < 4.78 is 13.4. The van der Waals surface area contributed by atoms with E-state index in [0.29, 0.717) is 0 Å². The van der Waals surface area contributed by atoms with Crippen molar-refractivity contribution in [1.29, 1.82) is 0 Å². The average Bonchev–Trinajstić information content (AvgIpc) is 2.46. The van der Waals surface area contributed by atoms with Crippen molar-refractivity contribution < 1.29 is 4.57 Å². The van der Waals surface area contributed by atoms with E-state index in [9.17, 15) is 4.57 Å². The molecule has 0 N–H and O–H groups in total. The molecule has 0 fully saturated rings. The molecule has 0 radical (unpaired) electrons. The van der Waals surface area contributed by atoms with E-state index in [-0.39, 0.29) is 0 Å². The molecule has 0 atom stereocenters. The first kappa shape index (κ1) is 13.6. The first-order chi connectivity index (χ1) is 9.13. The van der Waals surface area contributed by atoms with Gasteiger partial charge in [-0.1, -0.05) is 60.7 Å². The average molecular weight is 268 g/mol. The van der Waals surface area contributed by atoms with Crippen LogP contribution in [0, 0.1) is 0 Å². The van der Waals surface area contributed by atoms with Gasteiger partial charge in [0.05, 0.1) is 0 Å². The van der Waals surface area contributed by atoms with Crippen molar-refractivity contribution in [2.45, 2.75) is 13.8 Å². The lowest BCUT2D eigenvalue weighted by Gasteiger charge is -2.14. The molecule has 0 amide bonds. The van der Waals surface area contributed by atoms with Crippen molar-refractivity contribution in [3.05, 3.63) is 77.8 Å². The minimum absolute atomic E-state index is 0.843. The van der Waals surface area contributed by atoms with E-state index in [0.717, 1.165) is 16.2 Å². The molecule has 2 aromatic rings. The molecular weight excluding hydrogens is 251 g/mol. The SMILES string of the molecule is CC(C)=C=CP(=O)(c1ccccc1)c1ccccc1. The van der Waals surface area contributed by atoms with Gasteiger partial charge in [-0.2, -0.15) is 0 Å². The van der Waals surface area contributed by atoms with E-state index in [2.05, 4.69) is 5.73 Å². The van der Waals surface area contributed by atoms with E-state index in [4.69, 9.17) is 0 Å². The summed E-state index contributed by atoms with van der Waals surface area (Å²) in [7, 11) is -2.73. The van der Waals surface area contributed by atoms with Gasteiger partial charge < -0.3 is 4.57 Å². The predicted octanol–water partition coefficient (Wildman–Crippen LogP) is 4.08. The first-order valence-electron chi connectivity index (χ1n) is 6.25. The van der Waals surface area contributed by atoms with Crippen LogP contribution in [0.1, 0.15) is 13.8 Å². The van der Waals surface area contributed by atoms with E-state index >= 15 is 0 Å². The van der Waals surface area contributed by atoms with Crippen molar-refractivity contribution in [1.82, 2.24) is 0 Å². The van der Waals surface area contributed by atoms with E-state index in [1.54, 1.807) is 5.82 Å². The zero-order valence-corrected chi connectivity index (χ0v) is 12.1. The summed E-state index contributed by atoms with van der Waals surface area (Å²) >= 11 is 0. The van der Waals surface area contributed by atoms with Gasteiger partial charge in [0.1, 0.15) is 0 Å². The normalized spacial score (nSPS) is 10.6. The molecule has 19 heavy (non-hydrogen) atoms. The largest absolute Gasteiger partial charge is 0.309 e. The molecule has 96 valence electrons. The summed E-state index contributed by atoms with van der Waals surface area (Å²) in [4.78, 5) is 0. The van der Waals surface area contributed by atoms with Crippen LogP contribution < -0.4 is 10.6 Å². The van der Waals surface area contributed by atoms with Crippen molar-refractivity contribution >= 4 is 17.8 Å². The zero-order chi connectivity index (χ0) is 13.7. The predicted molar refractivity (Wildman–Crippen MR) is 82.7 cm³/mol. The summed E-state index contributed by atoms with van der Waals surface area (Å²) in [6, 6.07) is 19.2. The summed E-state index contributed by atoms with van der Waals surface area (Å²) in [5.41, 5.74) is 4.13. The molecule has 0 aliphatic carbocycles. The Balaban J connectivity index is 2.65. The number of benzene rings is 2. The molecule has 0 unspecified atom stereocenters. The van der Waals surface area contributed by atoms with E-state index in [1.165, 1.54) is 0 Å². The molecule has 0 saturated carbocycles. The molecule has 0 aliphatic heterocycles. The quantitative estimate of drug-likeness (QED) is 0.605. The number of hydrogen-bond acceptors (Lipinski definition) is 1. The van der Waals surface area contributed by atoms with Gasteiger partial charge in [-0.15, -0.1) is 5.73 Å². The smallest absolute Gasteiger partial charge is 0.171 e. The molecule has 0 aliphatic rings. The third kappa shape index (κ3) is 3.15. The molecule has 2 aromatic carbocycles. The van der Waals surface area contributed by atoms with Crippen molar-refractivity contribution in [3.8, 4) is 0 Å². The van der Waals surface area contributed by atoms with Crippen molar-refractivity contribution in [2.75, 3.05) is 0 Å². The minimum atomic E-state index is -2.73. The highest BCUT2D eigenvalue weighted by Crippen LogP contribution is 2.44. The topological polar surface area (TPSA) is 17.1 Å². The molecule has 1 nitrogen and oxygen atoms in total. The molecule has 0 bridgehead atoms. The molecule has 0 spiro atoms. The fourth-order valence-electron chi connectivity index (χ4n) is 1.82. The lowest BCUT2D eigenvalue weighted by Crippen LogP contribution is -2.13. The number of rotatable bonds is 3. The van der Waals surface area contributed by atoms with Crippen LogP contribution in [0.15, 0.2) is 77.8 Å². The molecule has 0 aromatic heterocycles. The zero-order valence-electron chi connectivity index (χ0n) is 11.2. The van der Waals surface area contributed by atoms with Crippen LogP contribution in [-0.2, 0) is 4.57 Å². The Morgan fingerprint density at radius 1 is 0.895 bits per heavy atom. The van der Waals surface area contributed by atoms with Crippen LogP contribution in [0.2, 0.25) is 0 Å². The Morgan fingerprint density at radius 3 is 1.68 bits per heavy atom. The van der Waals surface area contributed by atoms with Crippen LogP contribution >= 0.6 is 7.14 Å². The van der Waals surface area contributed by atoms with Gasteiger partial charge in [-0.3, -0.25) is 0 Å². The third-order valence-electron chi connectivity index (χ3n) is 2.81. The maximum absolute atomic E-state index is 13.4. The van der Waals surface area contributed by atoms with Gasteiger partial charge in [0.2, 0.25) is 0 Å². The summed E-state index contributed by atoms with van der Waals surface area (Å²) in [6.07, 6.45) is 0. The first-order valence-corrected chi connectivity index (χ1v) is 8.02. The van der Waals surface area contributed by atoms with Gasteiger partial charge in [-0.25, -0.2) is 0 Å². The third-order valence-corrected chi connectivity index (χ3v) is 5.44. The minimum Gasteiger partial charge on any atom is -0.309 e. The Kier molecular flexibility index (Phi) is 4.22. The van der Waals surface area contributed by atoms with E-state index < -0.39 is 7.14 Å². The number of hydrogen-bond donors (Lipinski definition) is 0. The van der Waals surface area contributed by atoms with Crippen LogP contribution in [0.4, 0.5) is 0 Å². The van der Waals surface area contributed by atoms with Gasteiger partial charge in [0.25, 0.3) is 0 Å². The van der Waals surface area contributed by atoms with E-state index in [1.807, 2.05) is 74.5 Å². The Labute approximate surface area is 114 Å². The fourth-order valence-corrected chi connectivity index (χ4v) is 4.08. The van der Waals surface area contributed by atoms with Gasteiger partial charge >= 0.3 is 0 Å². The van der Waals surface area contributed by atoms with Crippen LogP contribution in [-0.4, -0.2) is 0 Å². The summed E-state index contributed by atoms with van der Waals surface area (Å²) in [5, 5.41) is 1.69. The Hall–Kier alpha value is -1.81. The highest BCUT2D eigenvalue weighted by molar-refractivity contribution is 7.81. The maximum atomic E-state index is 13.4. The van der Waals surface area contributed by atoms with Crippen LogP contribution in [0.25, 0.3) is 0 Å². The molecule has 2 rings (SSSR count). The molecule has 2 heteroatoms. The van der Waals surface area contributed by atoms with Crippen LogP contribution in [0.5, 0.6) is 0 Å². The van der Waals surface area contributed by atoms with Crippen LogP contribution in [0.3, 0.4) is 0 Å². The van der Waals surface area contributed by atoms with Gasteiger partial charge in [-0.05, 0) is 19.4 Å². The standard InChI is InChI=1S/C17H17OP/c1-15(2)13-14-19(18,16-9-5-3-6-10-16)17-11-7-4-8-12-17/h3-12,14H,1-2H3. The van der Waals surface area contributed by atoms with Gasteiger partial charge in [0.15, 0.2) is 7.14 Å². The molecule has 0 heterocycles.